The maximum atomic E-state index is 11.9. The number of carbonyl (C=O) groups is 2. The first-order valence-electron chi connectivity index (χ1n) is 7.35. The van der Waals surface area contributed by atoms with E-state index in [-0.39, 0.29) is 17.6 Å². The van der Waals surface area contributed by atoms with Gasteiger partial charge in [-0.1, -0.05) is 48.5 Å². The maximum absolute atomic E-state index is 11.9. The average Bonchev–Trinajstić information content (AvgIpc) is 2.60. The fourth-order valence-corrected chi connectivity index (χ4v) is 2.57. The molecule has 1 aromatic carbocycles. The molecule has 0 unspecified atom stereocenters. The molecule has 0 aliphatic carbocycles. The van der Waals surface area contributed by atoms with Crippen LogP contribution in [0.15, 0.2) is 41.4 Å². The first kappa shape index (κ1) is 18.2. The van der Waals surface area contributed by atoms with Gasteiger partial charge in [0, 0.05) is 18.0 Å². The minimum Gasteiger partial charge on any atom is -0.351 e. The minimum absolute atomic E-state index is 0.120. The van der Waals surface area contributed by atoms with E-state index in [2.05, 4.69) is 20.8 Å². The molecule has 1 aromatic heterocycles. The number of hydrogen-bond acceptors (Lipinski definition) is 5. The van der Waals surface area contributed by atoms with Crippen molar-refractivity contribution in [2.75, 3.05) is 11.1 Å². The molecule has 8 heteroatoms. The van der Waals surface area contributed by atoms with Crippen LogP contribution in [0.1, 0.15) is 18.9 Å². The van der Waals surface area contributed by atoms with Crippen molar-refractivity contribution in [3.8, 4) is 0 Å². The van der Waals surface area contributed by atoms with Gasteiger partial charge < -0.3 is 10.6 Å². The van der Waals surface area contributed by atoms with E-state index in [0.717, 1.165) is 5.56 Å². The third kappa shape index (κ3) is 5.82. The largest absolute Gasteiger partial charge is 0.351 e. The summed E-state index contributed by atoms with van der Waals surface area (Å²) in [6, 6.07) is 10.7. The number of aromatic nitrogens is 2. The van der Waals surface area contributed by atoms with Crippen LogP contribution in [-0.4, -0.2) is 27.8 Å². The Hall–Kier alpha value is -2.12. The summed E-state index contributed by atoms with van der Waals surface area (Å²) in [4.78, 5) is 23.1. The molecular weight excluding hydrogens is 348 g/mol. The summed E-state index contributed by atoms with van der Waals surface area (Å²) in [6.45, 7) is 2.14. The fraction of sp³-hybridized carbons (Fsp3) is 0.250. The van der Waals surface area contributed by atoms with E-state index in [9.17, 15) is 9.59 Å². The van der Waals surface area contributed by atoms with Crippen molar-refractivity contribution in [2.45, 2.75) is 24.9 Å². The van der Waals surface area contributed by atoms with Crippen molar-refractivity contribution < 1.29 is 9.59 Å². The van der Waals surface area contributed by atoms with Gasteiger partial charge >= 0.3 is 0 Å². The van der Waals surface area contributed by atoms with E-state index >= 15 is 0 Å². The third-order valence-electron chi connectivity index (χ3n) is 3.01. The number of rotatable bonds is 7. The van der Waals surface area contributed by atoms with Crippen molar-refractivity contribution in [1.82, 2.24) is 15.5 Å². The van der Waals surface area contributed by atoms with E-state index in [4.69, 9.17) is 11.6 Å². The van der Waals surface area contributed by atoms with Gasteiger partial charge in [0.1, 0.15) is 5.03 Å². The first-order valence-corrected chi connectivity index (χ1v) is 8.71. The molecule has 1 heterocycles. The SMILES string of the molecule is CCC(=O)Nc1ccc(SCC(=O)NCc2ccccc2Cl)nn1. The van der Waals surface area contributed by atoms with Gasteiger partial charge in [-0.25, -0.2) is 0 Å². The number of thioether (sulfide) groups is 1. The lowest BCUT2D eigenvalue weighted by molar-refractivity contribution is -0.118. The molecule has 0 spiro atoms. The van der Waals surface area contributed by atoms with Crippen LogP contribution < -0.4 is 10.6 Å². The molecule has 0 saturated heterocycles. The highest BCUT2D eigenvalue weighted by molar-refractivity contribution is 7.99. The number of carbonyl (C=O) groups excluding carboxylic acids is 2. The normalized spacial score (nSPS) is 10.2. The number of nitrogens with zero attached hydrogens (tertiary/aromatic N) is 2. The Morgan fingerprint density at radius 3 is 2.58 bits per heavy atom. The van der Waals surface area contributed by atoms with E-state index in [1.165, 1.54) is 11.8 Å². The molecule has 0 fully saturated rings. The summed E-state index contributed by atoms with van der Waals surface area (Å²) in [7, 11) is 0. The Bertz CT molecular complexity index is 709. The highest BCUT2D eigenvalue weighted by Gasteiger charge is 2.07. The monoisotopic (exact) mass is 364 g/mol. The molecule has 0 aliphatic heterocycles. The fourth-order valence-electron chi connectivity index (χ4n) is 1.72. The van der Waals surface area contributed by atoms with Gasteiger partial charge in [-0.15, -0.1) is 10.2 Å². The zero-order valence-electron chi connectivity index (χ0n) is 13.1. The summed E-state index contributed by atoms with van der Waals surface area (Å²) in [5.74, 6) is 0.378. The smallest absolute Gasteiger partial charge is 0.230 e. The van der Waals surface area contributed by atoms with Gasteiger partial charge in [-0.3, -0.25) is 9.59 Å². The zero-order valence-corrected chi connectivity index (χ0v) is 14.7. The summed E-state index contributed by atoms with van der Waals surface area (Å²) < 4.78 is 0. The lowest BCUT2D eigenvalue weighted by Crippen LogP contribution is -2.24. The molecule has 2 amide bonds. The molecule has 0 radical (unpaired) electrons. The lowest BCUT2D eigenvalue weighted by Gasteiger charge is -2.07. The second-order valence-corrected chi connectivity index (χ2v) is 6.22. The predicted molar refractivity (Wildman–Crippen MR) is 95.0 cm³/mol. The van der Waals surface area contributed by atoms with Gasteiger partial charge in [-0.2, -0.15) is 0 Å². The van der Waals surface area contributed by atoms with Gasteiger partial charge in [0.15, 0.2) is 5.82 Å². The number of anilines is 1. The highest BCUT2D eigenvalue weighted by Crippen LogP contribution is 2.16. The van der Waals surface area contributed by atoms with Crippen molar-refractivity contribution >= 4 is 41.0 Å². The Morgan fingerprint density at radius 2 is 1.92 bits per heavy atom. The van der Waals surface area contributed by atoms with Crippen molar-refractivity contribution in [2.24, 2.45) is 0 Å². The average molecular weight is 365 g/mol. The summed E-state index contributed by atoms with van der Waals surface area (Å²) in [6.07, 6.45) is 0.379. The van der Waals surface area contributed by atoms with Crippen LogP contribution in [0.3, 0.4) is 0 Å². The Morgan fingerprint density at radius 1 is 1.12 bits per heavy atom. The number of amides is 2. The van der Waals surface area contributed by atoms with Gasteiger partial charge in [0.05, 0.1) is 5.75 Å². The summed E-state index contributed by atoms with van der Waals surface area (Å²) >= 11 is 7.31. The number of benzene rings is 1. The lowest BCUT2D eigenvalue weighted by atomic mass is 10.2. The van der Waals surface area contributed by atoms with Crippen LogP contribution in [0.4, 0.5) is 5.82 Å². The molecule has 2 rings (SSSR count). The van der Waals surface area contributed by atoms with Crippen LogP contribution in [0, 0.1) is 0 Å². The van der Waals surface area contributed by atoms with Gasteiger partial charge in [-0.05, 0) is 23.8 Å². The highest BCUT2D eigenvalue weighted by atomic mass is 35.5. The van der Waals surface area contributed by atoms with E-state index in [1.54, 1.807) is 25.1 Å². The standard InChI is InChI=1S/C16H17ClN4O2S/c1-2-14(22)19-13-7-8-16(21-20-13)24-10-15(23)18-9-11-5-3-4-6-12(11)17/h3-8H,2,9-10H2,1H3,(H,18,23)(H,19,20,22). The molecule has 24 heavy (non-hydrogen) atoms. The summed E-state index contributed by atoms with van der Waals surface area (Å²) in [5.41, 5.74) is 0.869. The van der Waals surface area contributed by atoms with E-state index in [1.807, 2.05) is 18.2 Å². The molecular formula is C16H17ClN4O2S. The van der Waals surface area contributed by atoms with Gasteiger partial charge in [0.25, 0.3) is 0 Å². The molecule has 6 nitrogen and oxygen atoms in total. The molecule has 0 aliphatic rings. The van der Waals surface area contributed by atoms with Gasteiger partial charge in [0.2, 0.25) is 11.8 Å². The van der Waals surface area contributed by atoms with Crippen LogP contribution >= 0.6 is 23.4 Å². The molecule has 0 atom stereocenters. The van der Waals surface area contributed by atoms with Crippen LogP contribution in [0.5, 0.6) is 0 Å². The molecule has 126 valence electrons. The summed E-state index contributed by atoms with van der Waals surface area (Å²) in [5, 5.41) is 14.5. The van der Waals surface area contributed by atoms with Crippen molar-refractivity contribution in [3.05, 3.63) is 47.0 Å². The number of nitrogens with one attached hydrogen (secondary N) is 2. The van der Waals surface area contributed by atoms with E-state index < -0.39 is 0 Å². The topological polar surface area (TPSA) is 84.0 Å². The van der Waals surface area contributed by atoms with Crippen LogP contribution in [0.25, 0.3) is 0 Å². The van der Waals surface area contributed by atoms with E-state index in [0.29, 0.717) is 28.8 Å². The Kier molecular flexibility index (Phi) is 7.02. The van der Waals surface area contributed by atoms with Crippen LogP contribution in [-0.2, 0) is 16.1 Å². The number of hydrogen-bond donors (Lipinski definition) is 2. The van der Waals surface area contributed by atoms with Crippen LogP contribution in [0.2, 0.25) is 5.02 Å². The molecule has 0 bridgehead atoms. The molecule has 2 N–H and O–H groups in total. The number of halogens is 1. The second kappa shape index (κ2) is 9.24. The third-order valence-corrected chi connectivity index (χ3v) is 4.30. The second-order valence-electron chi connectivity index (χ2n) is 4.82. The van der Waals surface area contributed by atoms with Crippen molar-refractivity contribution in [3.63, 3.8) is 0 Å². The van der Waals surface area contributed by atoms with Crippen molar-refractivity contribution in [1.29, 1.82) is 0 Å². The zero-order chi connectivity index (χ0) is 17.4. The predicted octanol–water partition coefficient (Wildman–Crippen LogP) is 2.89. The Labute approximate surface area is 149 Å². The first-order chi connectivity index (χ1) is 11.6. The Balaban J connectivity index is 1.77. The molecule has 2 aromatic rings. The quantitative estimate of drug-likeness (QED) is 0.738. The maximum Gasteiger partial charge on any atom is 0.230 e. The minimum atomic E-state index is -0.122. The molecule has 0 saturated carbocycles.